The Morgan fingerprint density at radius 2 is 1.54 bits per heavy atom. The van der Waals surface area contributed by atoms with Crippen LogP contribution >= 0.6 is 0 Å². The quantitative estimate of drug-likeness (QED) is 0.580. The maximum Gasteiger partial charge on any atom is 0.335 e. The molecule has 0 radical (unpaired) electrons. The van der Waals surface area contributed by atoms with Gasteiger partial charge in [-0.3, -0.25) is 0 Å². The van der Waals surface area contributed by atoms with Crippen molar-refractivity contribution in [2.24, 2.45) is 0 Å². The number of rotatable bonds is 4. The molecule has 126 valence electrons. The number of nitrogens with one attached hydrogen (secondary N) is 1. The standard InChI is InChI=1S/C20H14N4O2/c25-20(26)14-6-8-15(9-7-14)21-16-10-11-17-18(12-16)22-19(24-23-17)13-4-2-1-3-5-13/h1-12,21H,(H,25,26). The molecule has 0 aliphatic heterocycles. The molecule has 4 aromatic rings. The van der Waals surface area contributed by atoms with E-state index in [1.165, 1.54) is 0 Å². The number of carboxylic acid groups (broad SMARTS) is 1. The van der Waals surface area contributed by atoms with Gasteiger partial charge in [-0.15, -0.1) is 10.2 Å². The number of carbonyl (C=O) groups is 1. The van der Waals surface area contributed by atoms with Crippen LogP contribution in [0.2, 0.25) is 0 Å². The fraction of sp³-hybridized carbons (Fsp3) is 0. The van der Waals surface area contributed by atoms with Gasteiger partial charge in [0.1, 0.15) is 5.52 Å². The largest absolute Gasteiger partial charge is 0.478 e. The highest BCUT2D eigenvalue weighted by Gasteiger charge is 2.06. The predicted molar refractivity (Wildman–Crippen MR) is 99.5 cm³/mol. The maximum absolute atomic E-state index is 10.9. The molecular formula is C20H14N4O2. The van der Waals surface area contributed by atoms with Crippen LogP contribution in [-0.4, -0.2) is 26.3 Å². The Kier molecular flexibility index (Phi) is 3.99. The summed E-state index contributed by atoms with van der Waals surface area (Å²) in [5, 5.41) is 20.6. The first-order valence-electron chi connectivity index (χ1n) is 7.99. The van der Waals surface area contributed by atoms with Crippen molar-refractivity contribution in [3.63, 3.8) is 0 Å². The number of aromatic nitrogens is 3. The summed E-state index contributed by atoms with van der Waals surface area (Å²) >= 11 is 0. The van der Waals surface area contributed by atoms with E-state index in [2.05, 4.69) is 20.5 Å². The smallest absolute Gasteiger partial charge is 0.335 e. The maximum atomic E-state index is 10.9. The van der Waals surface area contributed by atoms with E-state index in [0.717, 1.165) is 22.5 Å². The van der Waals surface area contributed by atoms with Crippen LogP contribution in [-0.2, 0) is 0 Å². The van der Waals surface area contributed by atoms with Gasteiger partial charge in [0, 0.05) is 16.9 Å². The highest BCUT2D eigenvalue weighted by atomic mass is 16.4. The summed E-state index contributed by atoms with van der Waals surface area (Å²) in [6, 6.07) is 21.9. The number of anilines is 2. The second kappa shape index (κ2) is 6.60. The first-order chi connectivity index (χ1) is 12.7. The molecule has 0 bridgehead atoms. The molecule has 0 fully saturated rings. The zero-order valence-corrected chi connectivity index (χ0v) is 13.6. The molecule has 1 heterocycles. The minimum atomic E-state index is -0.946. The van der Waals surface area contributed by atoms with E-state index in [1.807, 2.05) is 48.5 Å². The molecule has 0 unspecified atom stereocenters. The lowest BCUT2D eigenvalue weighted by Gasteiger charge is -2.08. The lowest BCUT2D eigenvalue weighted by atomic mass is 10.2. The Hall–Kier alpha value is -3.80. The highest BCUT2D eigenvalue weighted by molar-refractivity contribution is 5.88. The van der Waals surface area contributed by atoms with Crippen molar-refractivity contribution in [3.05, 3.63) is 78.4 Å². The van der Waals surface area contributed by atoms with Gasteiger partial charge in [-0.2, -0.15) is 0 Å². The number of hydrogen-bond acceptors (Lipinski definition) is 5. The van der Waals surface area contributed by atoms with Crippen molar-refractivity contribution in [1.29, 1.82) is 0 Å². The summed E-state index contributed by atoms with van der Waals surface area (Å²) in [6.45, 7) is 0. The first-order valence-corrected chi connectivity index (χ1v) is 7.99. The molecule has 3 aromatic carbocycles. The third-order valence-corrected chi connectivity index (χ3v) is 3.91. The molecule has 0 saturated heterocycles. The number of benzene rings is 3. The Balaban J connectivity index is 1.64. The van der Waals surface area contributed by atoms with Gasteiger partial charge in [-0.1, -0.05) is 30.3 Å². The zero-order valence-electron chi connectivity index (χ0n) is 13.6. The molecule has 26 heavy (non-hydrogen) atoms. The van der Waals surface area contributed by atoms with E-state index in [-0.39, 0.29) is 5.56 Å². The van der Waals surface area contributed by atoms with E-state index in [4.69, 9.17) is 5.11 Å². The van der Waals surface area contributed by atoms with Gasteiger partial charge < -0.3 is 10.4 Å². The van der Waals surface area contributed by atoms with Gasteiger partial charge in [0.25, 0.3) is 0 Å². The van der Waals surface area contributed by atoms with Gasteiger partial charge in [-0.25, -0.2) is 9.78 Å². The summed E-state index contributed by atoms with van der Waals surface area (Å²) in [6.07, 6.45) is 0. The van der Waals surface area contributed by atoms with Gasteiger partial charge >= 0.3 is 5.97 Å². The molecule has 2 N–H and O–H groups in total. The van der Waals surface area contributed by atoms with Crippen molar-refractivity contribution in [2.45, 2.75) is 0 Å². The van der Waals surface area contributed by atoms with E-state index in [0.29, 0.717) is 11.3 Å². The van der Waals surface area contributed by atoms with Crippen LogP contribution in [0.3, 0.4) is 0 Å². The number of carboxylic acids is 1. The van der Waals surface area contributed by atoms with E-state index in [1.54, 1.807) is 24.3 Å². The normalized spacial score (nSPS) is 10.6. The molecule has 0 amide bonds. The first kappa shape index (κ1) is 15.7. The lowest BCUT2D eigenvalue weighted by Crippen LogP contribution is -1.97. The minimum Gasteiger partial charge on any atom is -0.478 e. The van der Waals surface area contributed by atoms with E-state index < -0.39 is 5.97 Å². The van der Waals surface area contributed by atoms with Gasteiger partial charge in [0.15, 0.2) is 5.82 Å². The number of fused-ring (bicyclic) bond motifs is 1. The highest BCUT2D eigenvalue weighted by Crippen LogP contribution is 2.22. The lowest BCUT2D eigenvalue weighted by molar-refractivity contribution is 0.0697. The average Bonchev–Trinajstić information content (AvgIpc) is 2.68. The molecule has 0 atom stereocenters. The third-order valence-electron chi connectivity index (χ3n) is 3.91. The van der Waals surface area contributed by atoms with Crippen LogP contribution in [0.4, 0.5) is 11.4 Å². The molecule has 0 aliphatic carbocycles. The van der Waals surface area contributed by atoms with Crippen molar-refractivity contribution < 1.29 is 9.90 Å². The summed E-state index contributed by atoms with van der Waals surface area (Å²) in [4.78, 5) is 15.5. The fourth-order valence-corrected chi connectivity index (χ4v) is 2.59. The summed E-state index contributed by atoms with van der Waals surface area (Å²) in [7, 11) is 0. The number of nitrogens with zero attached hydrogens (tertiary/aromatic N) is 3. The summed E-state index contributed by atoms with van der Waals surface area (Å²) in [5.41, 5.74) is 4.21. The van der Waals surface area contributed by atoms with Crippen LogP contribution in [0.15, 0.2) is 72.8 Å². The summed E-state index contributed by atoms with van der Waals surface area (Å²) < 4.78 is 0. The monoisotopic (exact) mass is 342 g/mol. The minimum absolute atomic E-state index is 0.249. The topological polar surface area (TPSA) is 88.0 Å². The second-order valence-corrected chi connectivity index (χ2v) is 5.71. The van der Waals surface area contributed by atoms with Crippen molar-refractivity contribution in [2.75, 3.05) is 5.32 Å². The molecule has 0 spiro atoms. The van der Waals surface area contributed by atoms with Crippen LogP contribution in [0, 0.1) is 0 Å². The Bertz CT molecular complexity index is 1080. The molecule has 6 nitrogen and oxygen atoms in total. The van der Waals surface area contributed by atoms with Crippen LogP contribution in [0.5, 0.6) is 0 Å². The van der Waals surface area contributed by atoms with Crippen molar-refractivity contribution >= 4 is 28.4 Å². The Morgan fingerprint density at radius 1 is 0.808 bits per heavy atom. The average molecular weight is 342 g/mol. The van der Waals surface area contributed by atoms with E-state index >= 15 is 0 Å². The SMILES string of the molecule is O=C(O)c1ccc(Nc2ccc3nnc(-c4ccccc4)nc3c2)cc1. The fourth-order valence-electron chi connectivity index (χ4n) is 2.59. The third kappa shape index (κ3) is 3.21. The number of hydrogen-bond donors (Lipinski definition) is 2. The van der Waals surface area contributed by atoms with Gasteiger partial charge in [0.05, 0.1) is 11.1 Å². The second-order valence-electron chi connectivity index (χ2n) is 5.71. The van der Waals surface area contributed by atoms with Crippen LogP contribution in [0.1, 0.15) is 10.4 Å². The molecule has 4 rings (SSSR count). The summed E-state index contributed by atoms with van der Waals surface area (Å²) in [5.74, 6) is -0.375. The van der Waals surface area contributed by atoms with Gasteiger partial charge in [0.2, 0.25) is 0 Å². The predicted octanol–water partition coefficient (Wildman–Crippen LogP) is 4.13. The zero-order chi connectivity index (χ0) is 17.9. The molecule has 6 heteroatoms. The molecule has 0 aliphatic rings. The van der Waals surface area contributed by atoms with Crippen LogP contribution < -0.4 is 5.32 Å². The van der Waals surface area contributed by atoms with Gasteiger partial charge in [-0.05, 0) is 42.5 Å². The van der Waals surface area contributed by atoms with Crippen molar-refractivity contribution in [3.8, 4) is 11.4 Å². The molecule has 0 saturated carbocycles. The Labute approximate surface area is 149 Å². The van der Waals surface area contributed by atoms with E-state index in [9.17, 15) is 4.79 Å². The Morgan fingerprint density at radius 3 is 2.27 bits per heavy atom. The molecule has 1 aromatic heterocycles. The number of aromatic carboxylic acids is 1. The van der Waals surface area contributed by atoms with Crippen LogP contribution in [0.25, 0.3) is 22.4 Å². The molecular weight excluding hydrogens is 328 g/mol. The van der Waals surface area contributed by atoms with Crippen molar-refractivity contribution in [1.82, 2.24) is 15.2 Å².